The number of aryl methyl sites for hydroxylation is 1. The molecule has 4 nitrogen and oxygen atoms in total. The molecule has 2 N–H and O–H groups in total. The fourth-order valence-electron chi connectivity index (χ4n) is 2.15. The first-order valence-electron chi connectivity index (χ1n) is 6.34. The molecule has 1 heterocycles. The summed E-state index contributed by atoms with van der Waals surface area (Å²) in [7, 11) is 3.58. The van der Waals surface area contributed by atoms with Gasteiger partial charge in [0.15, 0.2) is 0 Å². The van der Waals surface area contributed by atoms with Crippen molar-refractivity contribution < 1.29 is 4.79 Å². The molecule has 0 saturated heterocycles. The summed E-state index contributed by atoms with van der Waals surface area (Å²) >= 11 is 5.99. The number of hydrogen-bond donors (Lipinski definition) is 1. The van der Waals surface area contributed by atoms with Gasteiger partial charge in [-0.15, -0.1) is 0 Å². The van der Waals surface area contributed by atoms with Crippen LogP contribution in [-0.2, 0) is 7.05 Å². The van der Waals surface area contributed by atoms with E-state index in [0.29, 0.717) is 16.4 Å². The van der Waals surface area contributed by atoms with Crippen LogP contribution in [0.5, 0.6) is 0 Å². The van der Waals surface area contributed by atoms with Crippen LogP contribution in [0.1, 0.15) is 29.0 Å². The van der Waals surface area contributed by atoms with Gasteiger partial charge in [-0.1, -0.05) is 23.7 Å². The third kappa shape index (κ3) is 2.80. The van der Waals surface area contributed by atoms with Crippen LogP contribution in [0.2, 0.25) is 5.02 Å². The van der Waals surface area contributed by atoms with Crippen molar-refractivity contribution in [3.05, 3.63) is 52.8 Å². The van der Waals surface area contributed by atoms with E-state index in [1.807, 2.05) is 38.2 Å². The van der Waals surface area contributed by atoms with Gasteiger partial charge in [-0.25, -0.2) is 0 Å². The Balaban J connectivity index is 2.24. The molecule has 1 amide bonds. The first-order chi connectivity index (χ1) is 9.40. The van der Waals surface area contributed by atoms with Gasteiger partial charge in [-0.05, 0) is 30.7 Å². The molecule has 0 aliphatic carbocycles. The number of hydrogen-bond acceptors (Lipinski definition) is 2. The molecule has 0 radical (unpaired) electrons. The molecule has 0 aliphatic heterocycles. The number of benzene rings is 1. The smallest absolute Gasteiger partial charge is 0.270 e. The highest BCUT2D eigenvalue weighted by molar-refractivity contribution is 6.30. The van der Waals surface area contributed by atoms with Crippen LogP contribution in [0.3, 0.4) is 0 Å². The van der Waals surface area contributed by atoms with Crippen molar-refractivity contribution in [3.8, 4) is 0 Å². The summed E-state index contributed by atoms with van der Waals surface area (Å²) in [4.78, 5) is 14.2. The van der Waals surface area contributed by atoms with Gasteiger partial charge in [0.25, 0.3) is 5.91 Å². The van der Waals surface area contributed by atoms with E-state index in [9.17, 15) is 4.79 Å². The van der Waals surface area contributed by atoms with Crippen molar-refractivity contribution in [1.29, 1.82) is 0 Å². The Morgan fingerprint density at radius 3 is 2.65 bits per heavy atom. The second-order valence-electron chi connectivity index (χ2n) is 4.92. The molecule has 0 bridgehead atoms. The topological polar surface area (TPSA) is 51.3 Å². The van der Waals surface area contributed by atoms with E-state index in [1.165, 1.54) is 0 Å². The molecule has 2 rings (SSSR count). The number of carbonyl (C=O) groups is 1. The molecule has 0 aliphatic rings. The van der Waals surface area contributed by atoms with Gasteiger partial charge in [0.2, 0.25) is 0 Å². The van der Waals surface area contributed by atoms with E-state index in [2.05, 4.69) is 0 Å². The second-order valence-corrected chi connectivity index (χ2v) is 5.35. The van der Waals surface area contributed by atoms with E-state index in [0.717, 1.165) is 5.56 Å². The van der Waals surface area contributed by atoms with Gasteiger partial charge in [0.05, 0.1) is 11.7 Å². The highest BCUT2D eigenvalue weighted by Crippen LogP contribution is 2.23. The van der Waals surface area contributed by atoms with Crippen molar-refractivity contribution >= 4 is 23.2 Å². The van der Waals surface area contributed by atoms with E-state index >= 15 is 0 Å². The van der Waals surface area contributed by atoms with E-state index in [1.54, 1.807) is 28.8 Å². The average Bonchev–Trinajstić information content (AvgIpc) is 2.75. The minimum atomic E-state index is -0.0725. The third-order valence-corrected chi connectivity index (χ3v) is 3.71. The first kappa shape index (κ1) is 14.5. The summed E-state index contributed by atoms with van der Waals surface area (Å²) in [5.41, 5.74) is 7.86. The highest BCUT2D eigenvalue weighted by atomic mass is 35.5. The largest absolute Gasteiger partial charge is 0.397 e. The number of nitrogens with zero attached hydrogens (tertiary/aromatic N) is 2. The zero-order valence-corrected chi connectivity index (χ0v) is 12.6. The van der Waals surface area contributed by atoms with Crippen LogP contribution in [-0.4, -0.2) is 22.4 Å². The van der Waals surface area contributed by atoms with Gasteiger partial charge < -0.3 is 15.2 Å². The van der Waals surface area contributed by atoms with Gasteiger partial charge in [-0.3, -0.25) is 4.79 Å². The summed E-state index contributed by atoms with van der Waals surface area (Å²) in [6.45, 7) is 1.97. The molecular weight excluding hydrogens is 274 g/mol. The summed E-state index contributed by atoms with van der Waals surface area (Å²) in [6.07, 6.45) is 1.73. The standard InChI is InChI=1S/C15H18ClN3O/c1-10(11-5-4-6-12(16)7-11)19(3)15(20)14-8-13(17)9-18(14)2/h4-10H,17H2,1-3H3. The molecular formula is C15H18ClN3O. The summed E-state index contributed by atoms with van der Waals surface area (Å²) in [5, 5.41) is 0.665. The van der Waals surface area contributed by atoms with Crippen LogP contribution >= 0.6 is 11.6 Å². The zero-order chi connectivity index (χ0) is 14.9. The summed E-state index contributed by atoms with van der Waals surface area (Å²) in [6, 6.07) is 9.14. The molecule has 0 saturated carbocycles. The normalized spacial score (nSPS) is 12.2. The molecule has 5 heteroatoms. The lowest BCUT2D eigenvalue weighted by molar-refractivity contribution is 0.0733. The number of halogens is 1. The van der Waals surface area contributed by atoms with Crippen molar-refractivity contribution in [2.24, 2.45) is 7.05 Å². The monoisotopic (exact) mass is 291 g/mol. The number of carbonyl (C=O) groups excluding carboxylic acids is 1. The average molecular weight is 292 g/mol. The molecule has 0 fully saturated rings. The quantitative estimate of drug-likeness (QED) is 0.945. The van der Waals surface area contributed by atoms with Gasteiger partial charge >= 0.3 is 0 Å². The minimum absolute atomic E-state index is 0.0719. The van der Waals surface area contributed by atoms with Crippen LogP contribution in [0, 0.1) is 0 Å². The third-order valence-electron chi connectivity index (χ3n) is 3.48. The lowest BCUT2D eigenvalue weighted by atomic mass is 10.1. The molecule has 106 valence electrons. The summed E-state index contributed by atoms with van der Waals surface area (Å²) < 4.78 is 1.73. The fourth-order valence-corrected chi connectivity index (χ4v) is 2.35. The van der Waals surface area contributed by atoms with Gasteiger partial charge in [0.1, 0.15) is 5.69 Å². The number of rotatable bonds is 3. The van der Waals surface area contributed by atoms with Crippen molar-refractivity contribution in [1.82, 2.24) is 9.47 Å². The molecule has 1 atom stereocenters. The predicted octanol–water partition coefficient (Wildman–Crippen LogP) is 3.09. The predicted molar refractivity (Wildman–Crippen MR) is 81.8 cm³/mol. The maximum absolute atomic E-state index is 12.5. The van der Waals surface area contributed by atoms with E-state index < -0.39 is 0 Å². The first-order valence-corrected chi connectivity index (χ1v) is 6.72. The highest BCUT2D eigenvalue weighted by Gasteiger charge is 2.21. The SMILES string of the molecule is CC(c1cccc(Cl)c1)N(C)C(=O)c1cc(N)cn1C. The van der Waals surface area contributed by atoms with E-state index in [4.69, 9.17) is 17.3 Å². The van der Waals surface area contributed by atoms with Crippen LogP contribution in [0.4, 0.5) is 5.69 Å². The van der Waals surface area contributed by atoms with Gasteiger partial charge in [0, 0.05) is 25.3 Å². The zero-order valence-electron chi connectivity index (χ0n) is 11.8. The van der Waals surface area contributed by atoms with Crippen molar-refractivity contribution in [3.63, 3.8) is 0 Å². The number of aromatic nitrogens is 1. The second kappa shape index (κ2) is 5.59. The Kier molecular flexibility index (Phi) is 4.04. The number of amides is 1. The Morgan fingerprint density at radius 1 is 1.40 bits per heavy atom. The number of anilines is 1. The molecule has 1 aromatic carbocycles. The Morgan fingerprint density at radius 2 is 2.10 bits per heavy atom. The maximum atomic E-state index is 12.5. The van der Waals surface area contributed by atoms with Crippen molar-refractivity contribution in [2.75, 3.05) is 12.8 Å². The van der Waals surface area contributed by atoms with Crippen LogP contribution < -0.4 is 5.73 Å². The Hall–Kier alpha value is -1.94. The van der Waals surface area contributed by atoms with Crippen molar-refractivity contribution in [2.45, 2.75) is 13.0 Å². The fraction of sp³-hybridized carbons (Fsp3) is 0.267. The van der Waals surface area contributed by atoms with E-state index in [-0.39, 0.29) is 11.9 Å². The number of nitrogen functional groups attached to an aromatic ring is 1. The molecule has 0 spiro atoms. The Labute approximate surface area is 123 Å². The molecule has 2 aromatic rings. The summed E-state index contributed by atoms with van der Waals surface area (Å²) in [5.74, 6) is -0.0725. The van der Waals surface area contributed by atoms with Crippen LogP contribution in [0.25, 0.3) is 0 Å². The molecule has 1 unspecified atom stereocenters. The van der Waals surface area contributed by atoms with Gasteiger partial charge in [-0.2, -0.15) is 0 Å². The van der Waals surface area contributed by atoms with Crippen LogP contribution in [0.15, 0.2) is 36.5 Å². The number of nitrogens with two attached hydrogens (primary N) is 1. The minimum Gasteiger partial charge on any atom is -0.397 e. The Bertz CT molecular complexity index is 636. The maximum Gasteiger partial charge on any atom is 0.270 e. The lowest BCUT2D eigenvalue weighted by Crippen LogP contribution is -2.30. The molecule has 20 heavy (non-hydrogen) atoms. The molecule has 1 aromatic heterocycles. The lowest BCUT2D eigenvalue weighted by Gasteiger charge is -2.25.